The number of carbonyl (C=O) groups excluding carboxylic acids is 1. The largest absolute Gasteiger partial charge is 0.373 e. The van der Waals surface area contributed by atoms with E-state index in [1.165, 1.54) is 0 Å². The molecular formula is C14H25N5O. The molecule has 0 fully saturated rings. The Hall–Kier alpha value is -1.85. The highest BCUT2D eigenvalue weighted by atomic mass is 16.1. The van der Waals surface area contributed by atoms with E-state index < -0.39 is 0 Å². The highest BCUT2D eigenvalue weighted by molar-refractivity contribution is 5.80. The van der Waals surface area contributed by atoms with Crippen LogP contribution in [-0.2, 0) is 4.79 Å². The van der Waals surface area contributed by atoms with Crippen molar-refractivity contribution in [3.8, 4) is 0 Å². The Morgan fingerprint density at radius 3 is 2.30 bits per heavy atom. The van der Waals surface area contributed by atoms with Crippen LogP contribution in [-0.4, -0.2) is 35.5 Å². The topological polar surface area (TPSA) is 84.1 Å². The molecule has 20 heavy (non-hydrogen) atoms. The van der Waals surface area contributed by atoms with Crippen molar-refractivity contribution < 1.29 is 4.79 Å². The predicted molar refractivity (Wildman–Crippen MR) is 82.1 cm³/mol. The number of nitrogens with one attached hydrogen (secondary N) is 1. The highest BCUT2D eigenvalue weighted by Crippen LogP contribution is 2.26. The zero-order valence-electron chi connectivity index (χ0n) is 13.2. The van der Waals surface area contributed by atoms with Crippen molar-refractivity contribution >= 4 is 17.5 Å². The average Bonchev–Trinajstić information content (AvgIpc) is 2.35. The molecule has 0 unspecified atom stereocenters. The maximum Gasteiger partial charge on any atom is 0.237 e. The molecule has 0 aliphatic carbocycles. The number of primary amides is 1. The first kappa shape index (κ1) is 16.2. The molecule has 1 aromatic rings. The summed E-state index contributed by atoms with van der Waals surface area (Å²) >= 11 is 0. The van der Waals surface area contributed by atoms with E-state index in [0.29, 0.717) is 0 Å². The minimum Gasteiger partial charge on any atom is -0.373 e. The van der Waals surface area contributed by atoms with E-state index in [2.05, 4.69) is 15.3 Å². The quantitative estimate of drug-likeness (QED) is 0.827. The van der Waals surface area contributed by atoms with Gasteiger partial charge in [-0.2, -0.15) is 0 Å². The molecule has 1 aromatic heterocycles. The number of anilines is 2. The minimum atomic E-state index is -0.367. The van der Waals surface area contributed by atoms with Gasteiger partial charge in [-0.05, 0) is 20.8 Å². The fourth-order valence-corrected chi connectivity index (χ4v) is 1.97. The van der Waals surface area contributed by atoms with Gasteiger partial charge in [0, 0.05) is 24.6 Å². The van der Waals surface area contributed by atoms with E-state index in [1.54, 1.807) is 0 Å². The van der Waals surface area contributed by atoms with E-state index in [4.69, 9.17) is 5.73 Å². The number of nitrogens with two attached hydrogens (primary N) is 1. The van der Waals surface area contributed by atoms with Gasteiger partial charge in [0.15, 0.2) is 0 Å². The van der Waals surface area contributed by atoms with Crippen LogP contribution in [0.2, 0.25) is 0 Å². The Labute approximate surface area is 120 Å². The van der Waals surface area contributed by atoms with Crippen LogP contribution in [0.1, 0.15) is 45.0 Å². The van der Waals surface area contributed by atoms with Crippen LogP contribution in [0.4, 0.5) is 11.6 Å². The summed E-state index contributed by atoms with van der Waals surface area (Å²) in [5.74, 6) is 2.15. The molecule has 0 spiro atoms. The number of hydrogen-bond donors (Lipinski definition) is 2. The molecular weight excluding hydrogens is 254 g/mol. The summed E-state index contributed by atoms with van der Waals surface area (Å²) < 4.78 is 0. The van der Waals surface area contributed by atoms with Crippen LogP contribution in [0.15, 0.2) is 0 Å². The molecule has 1 heterocycles. The number of rotatable bonds is 6. The normalized spacial score (nSPS) is 11.0. The number of nitrogens with zero attached hydrogens (tertiary/aromatic N) is 3. The summed E-state index contributed by atoms with van der Waals surface area (Å²) in [6, 6.07) is 0.126. The Bertz CT molecular complexity index is 485. The van der Waals surface area contributed by atoms with Crippen molar-refractivity contribution in [1.82, 2.24) is 9.97 Å². The zero-order valence-corrected chi connectivity index (χ0v) is 13.2. The molecule has 6 heteroatoms. The summed E-state index contributed by atoms with van der Waals surface area (Å²) in [4.78, 5) is 22.3. The molecule has 0 saturated heterocycles. The molecule has 0 saturated carbocycles. The average molecular weight is 279 g/mol. The standard InChI is InChI=1S/C14H25N5O/c1-8(2)12-17-13(16-6)10(5)14(18-12)19(9(3)4)7-11(15)20/h8-9H,7H2,1-6H3,(H2,15,20)(H,16,17,18). The second-order valence-electron chi connectivity index (χ2n) is 5.47. The van der Waals surface area contributed by atoms with Crippen LogP contribution in [0.3, 0.4) is 0 Å². The van der Waals surface area contributed by atoms with E-state index in [0.717, 1.165) is 23.0 Å². The molecule has 3 N–H and O–H groups in total. The Balaban J connectivity index is 3.38. The zero-order chi connectivity index (χ0) is 15.4. The summed E-state index contributed by atoms with van der Waals surface area (Å²) in [5.41, 5.74) is 6.27. The molecule has 1 amide bonds. The lowest BCUT2D eigenvalue weighted by molar-refractivity contribution is -0.116. The molecule has 6 nitrogen and oxygen atoms in total. The maximum atomic E-state index is 11.3. The molecule has 0 aromatic carbocycles. The van der Waals surface area contributed by atoms with Crippen LogP contribution in [0.5, 0.6) is 0 Å². The molecule has 0 bridgehead atoms. The maximum absolute atomic E-state index is 11.3. The first-order valence-electron chi connectivity index (χ1n) is 6.89. The van der Waals surface area contributed by atoms with Gasteiger partial charge in [0.25, 0.3) is 0 Å². The first-order valence-corrected chi connectivity index (χ1v) is 6.89. The molecule has 0 radical (unpaired) electrons. The lowest BCUT2D eigenvalue weighted by atomic mass is 10.1. The van der Waals surface area contributed by atoms with Crippen LogP contribution < -0.4 is 16.0 Å². The summed E-state index contributed by atoms with van der Waals surface area (Å²) in [6.07, 6.45) is 0. The molecule has 0 aliphatic heterocycles. The van der Waals surface area contributed by atoms with E-state index >= 15 is 0 Å². The van der Waals surface area contributed by atoms with Gasteiger partial charge >= 0.3 is 0 Å². The van der Waals surface area contributed by atoms with Crippen molar-refractivity contribution in [1.29, 1.82) is 0 Å². The van der Waals surface area contributed by atoms with E-state index in [-0.39, 0.29) is 24.4 Å². The van der Waals surface area contributed by atoms with Gasteiger partial charge in [0.2, 0.25) is 5.91 Å². The number of hydrogen-bond acceptors (Lipinski definition) is 5. The third-order valence-electron chi connectivity index (χ3n) is 3.11. The summed E-state index contributed by atoms with van der Waals surface area (Å²) in [7, 11) is 1.83. The van der Waals surface area contributed by atoms with Crippen molar-refractivity contribution in [2.24, 2.45) is 5.73 Å². The minimum absolute atomic E-state index is 0.126. The van der Waals surface area contributed by atoms with Crippen molar-refractivity contribution in [3.05, 3.63) is 11.4 Å². The third-order valence-corrected chi connectivity index (χ3v) is 3.11. The number of aromatic nitrogens is 2. The predicted octanol–water partition coefficient (Wildman–Crippen LogP) is 1.65. The SMILES string of the molecule is CNc1nc(C(C)C)nc(N(CC(N)=O)C(C)C)c1C. The summed E-state index contributed by atoms with van der Waals surface area (Å²) in [6.45, 7) is 10.2. The fourth-order valence-electron chi connectivity index (χ4n) is 1.97. The number of carbonyl (C=O) groups is 1. The van der Waals surface area contributed by atoms with Crippen LogP contribution >= 0.6 is 0 Å². The van der Waals surface area contributed by atoms with Crippen LogP contribution in [0.25, 0.3) is 0 Å². The molecule has 112 valence electrons. The lowest BCUT2D eigenvalue weighted by Crippen LogP contribution is -2.40. The van der Waals surface area contributed by atoms with Gasteiger partial charge in [0.1, 0.15) is 17.5 Å². The summed E-state index contributed by atoms with van der Waals surface area (Å²) in [5, 5.41) is 3.08. The van der Waals surface area contributed by atoms with Gasteiger partial charge in [0.05, 0.1) is 6.54 Å². The fraction of sp³-hybridized carbons (Fsp3) is 0.643. The highest BCUT2D eigenvalue weighted by Gasteiger charge is 2.21. The first-order chi connectivity index (χ1) is 9.27. The second-order valence-corrected chi connectivity index (χ2v) is 5.47. The smallest absolute Gasteiger partial charge is 0.237 e. The van der Waals surface area contributed by atoms with Crippen LogP contribution in [0, 0.1) is 6.92 Å². The van der Waals surface area contributed by atoms with Gasteiger partial charge in [-0.1, -0.05) is 13.8 Å². The van der Waals surface area contributed by atoms with Gasteiger partial charge in [-0.3, -0.25) is 4.79 Å². The molecule has 0 atom stereocenters. The third kappa shape index (κ3) is 3.59. The van der Waals surface area contributed by atoms with Gasteiger partial charge in [-0.25, -0.2) is 9.97 Å². The van der Waals surface area contributed by atoms with Crippen molar-refractivity contribution in [2.75, 3.05) is 23.8 Å². The Morgan fingerprint density at radius 2 is 1.90 bits per heavy atom. The van der Waals surface area contributed by atoms with Gasteiger partial charge in [-0.15, -0.1) is 0 Å². The molecule has 1 rings (SSSR count). The van der Waals surface area contributed by atoms with Gasteiger partial charge < -0.3 is 16.0 Å². The lowest BCUT2D eigenvalue weighted by Gasteiger charge is -2.29. The molecule has 0 aliphatic rings. The Morgan fingerprint density at radius 1 is 1.30 bits per heavy atom. The van der Waals surface area contributed by atoms with Crippen molar-refractivity contribution in [2.45, 2.75) is 46.6 Å². The number of amides is 1. The second kappa shape index (κ2) is 6.54. The monoisotopic (exact) mass is 279 g/mol. The van der Waals surface area contributed by atoms with E-state index in [1.807, 2.05) is 46.6 Å². The van der Waals surface area contributed by atoms with E-state index in [9.17, 15) is 4.79 Å². The van der Waals surface area contributed by atoms with Crippen molar-refractivity contribution in [3.63, 3.8) is 0 Å². The Kier molecular flexibility index (Phi) is 5.30.